The number of nitrogens with one attached hydrogen (secondary N) is 2. The van der Waals surface area contributed by atoms with E-state index < -0.39 is 0 Å². The Kier molecular flexibility index (Phi) is 9.25. The molecule has 1 rings (SSSR count). The smallest absolute Gasteiger partial charge is 0.241 e. The van der Waals surface area contributed by atoms with E-state index in [0.717, 1.165) is 26.2 Å². The lowest BCUT2D eigenvalue weighted by Crippen LogP contribution is -2.43. The minimum absolute atomic E-state index is 0.0133. The second-order valence-electron chi connectivity index (χ2n) is 4.92. The lowest BCUT2D eigenvalue weighted by molar-refractivity contribution is -0.127. The fraction of sp³-hybridized carbons (Fsp3) is 0.600. The average Bonchev–Trinajstić information content (AvgIpc) is 3.01. The van der Waals surface area contributed by atoms with E-state index in [0.29, 0.717) is 12.5 Å². The molecule has 0 bridgehead atoms. The van der Waals surface area contributed by atoms with Crippen LogP contribution < -0.4 is 10.6 Å². The number of hydrogen-bond donors (Lipinski definition) is 2. The number of likely N-dealkylation sites (N-methyl/N-ethyl adjacent to an activating group) is 1. The topological polar surface area (TPSA) is 66.0 Å². The van der Waals surface area contributed by atoms with E-state index in [9.17, 15) is 4.79 Å². The summed E-state index contributed by atoms with van der Waals surface area (Å²) in [6.07, 6.45) is 0.897. The summed E-state index contributed by atoms with van der Waals surface area (Å²) in [7, 11) is 3.48. The van der Waals surface area contributed by atoms with Gasteiger partial charge in [-0.1, -0.05) is 0 Å². The summed E-state index contributed by atoms with van der Waals surface area (Å²) in [5.41, 5.74) is 1.17. The molecule has 0 unspecified atom stereocenters. The first-order chi connectivity index (χ1) is 10.6. The van der Waals surface area contributed by atoms with Gasteiger partial charge >= 0.3 is 0 Å². The van der Waals surface area contributed by atoms with Gasteiger partial charge in [-0.15, -0.1) is 0 Å². The lowest BCUT2D eigenvalue weighted by Gasteiger charge is -2.15. The molecule has 0 aromatic carbocycles. The zero-order chi connectivity index (χ0) is 16.2. The fourth-order valence-corrected chi connectivity index (χ4v) is 2.23. The number of thiophene rings is 1. The van der Waals surface area contributed by atoms with E-state index in [1.54, 1.807) is 30.3 Å². The van der Waals surface area contributed by atoms with Gasteiger partial charge in [0.25, 0.3) is 0 Å². The Balaban J connectivity index is 2.44. The predicted octanol–water partition coefficient (Wildman–Crippen LogP) is 1.30. The fourth-order valence-electron chi connectivity index (χ4n) is 1.57. The van der Waals surface area contributed by atoms with Gasteiger partial charge in [-0.05, 0) is 35.7 Å². The number of rotatable bonds is 9. The molecule has 0 aliphatic rings. The highest BCUT2D eigenvalue weighted by Crippen LogP contribution is 2.06. The zero-order valence-electron chi connectivity index (χ0n) is 13.6. The monoisotopic (exact) mass is 326 g/mol. The van der Waals surface area contributed by atoms with Crippen molar-refractivity contribution < 1.29 is 9.53 Å². The van der Waals surface area contributed by atoms with Crippen molar-refractivity contribution in [2.75, 3.05) is 40.4 Å². The number of carbonyl (C=O) groups is 1. The Hall–Kier alpha value is -1.60. The van der Waals surface area contributed by atoms with Gasteiger partial charge in [0.05, 0.1) is 13.1 Å². The van der Waals surface area contributed by atoms with Crippen molar-refractivity contribution in [1.82, 2.24) is 15.5 Å². The minimum Gasteiger partial charge on any atom is -0.382 e. The van der Waals surface area contributed by atoms with Gasteiger partial charge in [-0.3, -0.25) is 4.79 Å². The normalized spacial score (nSPS) is 11.3. The van der Waals surface area contributed by atoms with Gasteiger partial charge in [0.15, 0.2) is 5.96 Å². The van der Waals surface area contributed by atoms with Crippen molar-refractivity contribution in [1.29, 1.82) is 0 Å². The summed E-state index contributed by atoms with van der Waals surface area (Å²) in [4.78, 5) is 17.7. The summed E-state index contributed by atoms with van der Waals surface area (Å²) in [5.74, 6) is 0.664. The Morgan fingerprint density at radius 1 is 1.41 bits per heavy atom. The second-order valence-corrected chi connectivity index (χ2v) is 5.70. The maximum absolute atomic E-state index is 11.7. The van der Waals surface area contributed by atoms with Crippen molar-refractivity contribution in [3.05, 3.63) is 22.4 Å². The third-order valence-corrected chi connectivity index (χ3v) is 3.60. The van der Waals surface area contributed by atoms with Crippen LogP contribution in [-0.2, 0) is 16.1 Å². The summed E-state index contributed by atoms with van der Waals surface area (Å²) >= 11 is 1.65. The van der Waals surface area contributed by atoms with Gasteiger partial charge in [-0.25, -0.2) is 4.99 Å². The zero-order valence-corrected chi connectivity index (χ0v) is 14.4. The number of aliphatic imine (C=N–C) groups is 1. The third kappa shape index (κ3) is 7.99. The summed E-state index contributed by atoms with van der Waals surface area (Å²) in [5, 5.41) is 10.4. The van der Waals surface area contributed by atoms with E-state index in [1.807, 2.05) is 18.4 Å². The van der Waals surface area contributed by atoms with Gasteiger partial charge in [0.2, 0.25) is 5.91 Å². The van der Waals surface area contributed by atoms with E-state index in [1.165, 1.54) is 5.56 Å². The average molecular weight is 326 g/mol. The van der Waals surface area contributed by atoms with Crippen LogP contribution in [0.4, 0.5) is 0 Å². The maximum Gasteiger partial charge on any atom is 0.241 e. The largest absolute Gasteiger partial charge is 0.382 e. The summed E-state index contributed by atoms with van der Waals surface area (Å²) < 4.78 is 5.30. The summed E-state index contributed by atoms with van der Waals surface area (Å²) in [6.45, 7) is 5.02. The van der Waals surface area contributed by atoms with Crippen molar-refractivity contribution in [3.8, 4) is 0 Å². The van der Waals surface area contributed by atoms with Crippen molar-refractivity contribution >= 4 is 23.2 Å². The van der Waals surface area contributed by atoms with E-state index in [2.05, 4.69) is 21.0 Å². The molecule has 124 valence electrons. The SMILES string of the molecule is CCOCCCNC(=NCc1ccsc1)NCC(=O)N(C)C. The molecule has 6 nitrogen and oxygen atoms in total. The van der Waals surface area contributed by atoms with Crippen molar-refractivity contribution in [2.45, 2.75) is 19.9 Å². The third-order valence-electron chi connectivity index (χ3n) is 2.87. The van der Waals surface area contributed by atoms with Crippen molar-refractivity contribution in [2.24, 2.45) is 4.99 Å². The highest BCUT2D eigenvalue weighted by molar-refractivity contribution is 7.07. The number of nitrogens with zero attached hydrogens (tertiary/aromatic N) is 2. The number of amides is 1. The van der Waals surface area contributed by atoms with E-state index in [-0.39, 0.29) is 12.5 Å². The molecule has 0 saturated heterocycles. The molecule has 7 heteroatoms. The number of hydrogen-bond acceptors (Lipinski definition) is 4. The van der Waals surface area contributed by atoms with Gasteiger partial charge in [-0.2, -0.15) is 11.3 Å². The van der Waals surface area contributed by atoms with Crippen LogP contribution >= 0.6 is 11.3 Å². The molecule has 0 atom stereocenters. The van der Waals surface area contributed by atoms with E-state index in [4.69, 9.17) is 4.74 Å². The Bertz CT molecular complexity index is 446. The molecule has 0 fully saturated rings. The molecule has 1 amide bonds. The molecule has 22 heavy (non-hydrogen) atoms. The molecule has 1 aromatic heterocycles. The molecule has 1 heterocycles. The van der Waals surface area contributed by atoms with Crippen LogP contribution in [0.25, 0.3) is 0 Å². The Morgan fingerprint density at radius 2 is 2.23 bits per heavy atom. The van der Waals surface area contributed by atoms with Crippen LogP contribution in [0.1, 0.15) is 18.9 Å². The molecule has 2 N–H and O–H groups in total. The quantitative estimate of drug-likeness (QED) is 0.408. The molecule has 1 aromatic rings. The van der Waals surface area contributed by atoms with Crippen LogP contribution in [-0.4, -0.2) is 57.2 Å². The molecular weight excluding hydrogens is 300 g/mol. The van der Waals surface area contributed by atoms with Gasteiger partial charge < -0.3 is 20.3 Å². The molecule has 0 spiro atoms. The Morgan fingerprint density at radius 3 is 2.86 bits per heavy atom. The van der Waals surface area contributed by atoms with Crippen LogP contribution in [0.15, 0.2) is 21.8 Å². The van der Waals surface area contributed by atoms with Crippen LogP contribution in [0.5, 0.6) is 0 Å². The molecular formula is C15H26N4O2S. The molecule has 0 saturated carbocycles. The van der Waals surface area contributed by atoms with E-state index >= 15 is 0 Å². The number of ether oxygens (including phenoxy) is 1. The molecule has 0 radical (unpaired) electrons. The lowest BCUT2D eigenvalue weighted by atomic mass is 10.3. The van der Waals surface area contributed by atoms with Crippen molar-refractivity contribution in [3.63, 3.8) is 0 Å². The highest BCUT2D eigenvalue weighted by atomic mass is 32.1. The van der Waals surface area contributed by atoms with Crippen LogP contribution in [0.3, 0.4) is 0 Å². The first kappa shape index (κ1) is 18.4. The maximum atomic E-state index is 11.7. The van der Waals surface area contributed by atoms with Gasteiger partial charge in [0.1, 0.15) is 0 Å². The predicted molar refractivity (Wildman–Crippen MR) is 91.3 cm³/mol. The second kappa shape index (κ2) is 11.0. The minimum atomic E-state index is 0.0133. The number of carbonyl (C=O) groups excluding carboxylic acids is 1. The summed E-state index contributed by atoms with van der Waals surface area (Å²) in [6, 6.07) is 2.05. The first-order valence-electron chi connectivity index (χ1n) is 7.44. The highest BCUT2D eigenvalue weighted by Gasteiger charge is 2.05. The van der Waals surface area contributed by atoms with Crippen LogP contribution in [0, 0.1) is 0 Å². The van der Waals surface area contributed by atoms with Gasteiger partial charge in [0, 0.05) is 33.9 Å². The Labute approximate surface area is 136 Å². The number of guanidine groups is 1. The molecule has 0 aliphatic carbocycles. The standard InChI is InChI=1S/C15H26N4O2S/c1-4-21-8-5-7-16-15(18-11-14(20)19(2)3)17-10-13-6-9-22-12-13/h6,9,12H,4-5,7-8,10-11H2,1-3H3,(H2,16,17,18). The molecule has 0 aliphatic heterocycles. The van der Waals surface area contributed by atoms with Crippen LogP contribution in [0.2, 0.25) is 0 Å². The first-order valence-corrected chi connectivity index (χ1v) is 8.39.